The summed E-state index contributed by atoms with van der Waals surface area (Å²) in [6.45, 7) is 6.39. The molecule has 0 radical (unpaired) electrons. The van der Waals surface area contributed by atoms with Crippen molar-refractivity contribution >= 4 is 23.3 Å². The number of nitrogen functional groups attached to an aromatic ring is 1. The van der Waals surface area contributed by atoms with Crippen LogP contribution < -0.4 is 20.8 Å². The molecule has 1 rings (SSSR count). The summed E-state index contributed by atoms with van der Waals surface area (Å²) in [6.07, 6.45) is 0. The number of hydrogen-bond acceptors (Lipinski definition) is 6. The number of rotatable bonds is 3. The molecule has 100 valence electrons. The number of carbonyl (C=O) groups excluding carboxylic acids is 2. The van der Waals surface area contributed by atoms with Crippen molar-refractivity contribution in [2.45, 2.75) is 13.8 Å². The van der Waals surface area contributed by atoms with Crippen molar-refractivity contribution in [3.63, 3.8) is 0 Å². The second-order valence-electron chi connectivity index (χ2n) is 3.34. The maximum absolute atomic E-state index is 8.93. The largest absolute Gasteiger partial charge is 0.543 e. The Morgan fingerprint density at radius 3 is 1.72 bits per heavy atom. The summed E-state index contributed by atoms with van der Waals surface area (Å²) in [7, 11) is 0. The van der Waals surface area contributed by atoms with Gasteiger partial charge in [-0.15, -0.1) is 0 Å². The van der Waals surface area contributed by atoms with Crippen molar-refractivity contribution < 1.29 is 19.8 Å². The molecular formula is C12H16N2O4-2. The fourth-order valence-corrected chi connectivity index (χ4v) is 1.27. The van der Waals surface area contributed by atoms with Crippen LogP contribution in [0.2, 0.25) is 0 Å². The topological polar surface area (TPSA) is 110 Å². The molecule has 0 saturated heterocycles. The first-order valence-electron chi connectivity index (χ1n) is 5.45. The molecule has 0 atom stereocenters. The average Bonchev–Trinajstić information content (AvgIpc) is 2.33. The lowest BCUT2D eigenvalue weighted by molar-refractivity contribution is -0.345. The average molecular weight is 252 g/mol. The van der Waals surface area contributed by atoms with E-state index in [9.17, 15) is 0 Å². The van der Waals surface area contributed by atoms with E-state index in [2.05, 4.69) is 30.9 Å². The second kappa shape index (κ2) is 7.94. The van der Waals surface area contributed by atoms with Gasteiger partial charge in [0.1, 0.15) is 0 Å². The summed E-state index contributed by atoms with van der Waals surface area (Å²) in [6, 6.07) is 7.99. The molecular weight excluding hydrogens is 236 g/mol. The molecule has 0 amide bonds. The highest BCUT2D eigenvalue weighted by atomic mass is 16.4. The fraction of sp³-hybridized carbons (Fsp3) is 0.333. The predicted octanol–water partition coefficient (Wildman–Crippen LogP) is -1.40. The van der Waals surface area contributed by atoms with Gasteiger partial charge in [0, 0.05) is 24.5 Å². The van der Waals surface area contributed by atoms with Crippen molar-refractivity contribution in [1.82, 2.24) is 0 Å². The quantitative estimate of drug-likeness (QED) is 0.523. The molecule has 0 heterocycles. The van der Waals surface area contributed by atoms with Gasteiger partial charge in [-0.05, 0) is 38.1 Å². The van der Waals surface area contributed by atoms with Gasteiger partial charge in [-0.3, -0.25) is 0 Å². The first kappa shape index (κ1) is 15.8. The van der Waals surface area contributed by atoms with Crippen LogP contribution in [0.3, 0.4) is 0 Å². The smallest absolute Gasteiger partial charge is 0.0870 e. The molecule has 0 fully saturated rings. The third-order valence-corrected chi connectivity index (χ3v) is 2.19. The van der Waals surface area contributed by atoms with Crippen LogP contribution in [0.4, 0.5) is 11.4 Å². The molecule has 0 saturated carbocycles. The van der Waals surface area contributed by atoms with Gasteiger partial charge in [0.15, 0.2) is 0 Å². The van der Waals surface area contributed by atoms with E-state index in [0.717, 1.165) is 18.8 Å². The molecule has 6 heteroatoms. The fourth-order valence-electron chi connectivity index (χ4n) is 1.27. The van der Waals surface area contributed by atoms with Gasteiger partial charge in [-0.1, -0.05) is 0 Å². The molecule has 0 aromatic heterocycles. The molecule has 0 aliphatic carbocycles. The number of aliphatic carboxylic acids is 2. The van der Waals surface area contributed by atoms with Crippen molar-refractivity contribution in [1.29, 1.82) is 0 Å². The molecule has 18 heavy (non-hydrogen) atoms. The Bertz CT molecular complexity index is 374. The molecule has 2 N–H and O–H groups in total. The van der Waals surface area contributed by atoms with Crippen LogP contribution in [-0.4, -0.2) is 25.0 Å². The standard InChI is InChI=1S/C10H16N2.C2H2O4/c1-3-12(4-2)10-7-5-9(11)6-8-10;3-1(4)2(5)6/h5-8H,3-4,11H2,1-2H3;(H,3,4)(H,5,6)/p-2. The van der Waals surface area contributed by atoms with Gasteiger partial charge in [-0.25, -0.2) is 0 Å². The first-order chi connectivity index (χ1) is 8.42. The maximum atomic E-state index is 8.93. The highest BCUT2D eigenvalue weighted by Gasteiger charge is 1.99. The molecule has 6 nitrogen and oxygen atoms in total. The number of carbonyl (C=O) groups is 2. The van der Waals surface area contributed by atoms with Crippen LogP contribution in [0.15, 0.2) is 24.3 Å². The Morgan fingerprint density at radius 2 is 1.44 bits per heavy atom. The molecule has 0 spiro atoms. The normalized spacial score (nSPS) is 9.00. The Labute approximate surface area is 106 Å². The van der Waals surface area contributed by atoms with Crippen LogP contribution >= 0.6 is 0 Å². The van der Waals surface area contributed by atoms with Crippen molar-refractivity contribution in [3.8, 4) is 0 Å². The first-order valence-corrected chi connectivity index (χ1v) is 5.45. The molecule has 0 aliphatic heterocycles. The zero-order valence-electron chi connectivity index (χ0n) is 10.4. The summed E-state index contributed by atoms with van der Waals surface area (Å²) in [5.74, 6) is -4.37. The molecule has 0 unspecified atom stereocenters. The van der Waals surface area contributed by atoms with Crippen LogP contribution in [-0.2, 0) is 9.59 Å². The van der Waals surface area contributed by atoms with Gasteiger partial charge in [0.05, 0.1) is 11.9 Å². The van der Waals surface area contributed by atoms with Gasteiger partial charge >= 0.3 is 0 Å². The molecule has 0 bridgehead atoms. The van der Waals surface area contributed by atoms with E-state index in [1.807, 2.05) is 12.1 Å². The molecule has 1 aromatic rings. The lowest BCUT2D eigenvalue weighted by atomic mass is 10.2. The zero-order chi connectivity index (χ0) is 14.1. The summed E-state index contributed by atoms with van der Waals surface area (Å²) in [4.78, 5) is 20.1. The summed E-state index contributed by atoms with van der Waals surface area (Å²) in [5.41, 5.74) is 7.66. The minimum absolute atomic E-state index is 0.825. The van der Waals surface area contributed by atoms with Crippen LogP contribution in [0.1, 0.15) is 13.8 Å². The summed E-state index contributed by atoms with van der Waals surface area (Å²) < 4.78 is 0. The lowest BCUT2D eigenvalue weighted by Crippen LogP contribution is -2.42. The number of benzene rings is 1. The Morgan fingerprint density at radius 1 is 1.06 bits per heavy atom. The SMILES string of the molecule is CCN(CC)c1ccc(N)cc1.O=C([O-])C(=O)[O-]. The van der Waals surface area contributed by atoms with Crippen molar-refractivity contribution in [2.75, 3.05) is 23.7 Å². The van der Waals surface area contributed by atoms with Gasteiger partial charge in [-0.2, -0.15) is 0 Å². The third-order valence-electron chi connectivity index (χ3n) is 2.19. The van der Waals surface area contributed by atoms with E-state index in [1.54, 1.807) is 0 Å². The maximum Gasteiger partial charge on any atom is 0.0870 e. The van der Waals surface area contributed by atoms with Crippen LogP contribution in [0, 0.1) is 0 Å². The number of carboxylic acids is 2. The van der Waals surface area contributed by atoms with Crippen molar-refractivity contribution in [3.05, 3.63) is 24.3 Å². The highest BCUT2D eigenvalue weighted by Crippen LogP contribution is 2.15. The summed E-state index contributed by atoms with van der Waals surface area (Å²) >= 11 is 0. The van der Waals surface area contributed by atoms with Crippen molar-refractivity contribution in [2.24, 2.45) is 0 Å². The highest BCUT2D eigenvalue weighted by molar-refractivity contribution is 6.25. The van der Waals surface area contributed by atoms with Crippen LogP contribution in [0.25, 0.3) is 0 Å². The van der Waals surface area contributed by atoms with E-state index in [-0.39, 0.29) is 0 Å². The lowest BCUT2D eigenvalue weighted by Gasteiger charge is -2.20. The van der Waals surface area contributed by atoms with E-state index in [4.69, 9.17) is 25.5 Å². The third kappa shape index (κ3) is 5.74. The number of nitrogens with two attached hydrogens (primary N) is 1. The number of anilines is 2. The van der Waals surface area contributed by atoms with E-state index >= 15 is 0 Å². The monoisotopic (exact) mass is 252 g/mol. The predicted molar refractivity (Wildman–Crippen MR) is 64.4 cm³/mol. The second-order valence-corrected chi connectivity index (χ2v) is 3.34. The number of nitrogens with zero attached hydrogens (tertiary/aromatic N) is 1. The zero-order valence-corrected chi connectivity index (χ0v) is 10.4. The Hall–Kier alpha value is -2.24. The minimum Gasteiger partial charge on any atom is -0.543 e. The Balaban J connectivity index is 0.000000411. The van der Waals surface area contributed by atoms with Crippen LogP contribution in [0.5, 0.6) is 0 Å². The van der Waals surface area contributed by atoms with Gasteiger partial charge < -0.3 is 30.4 Å². The molecule has 0 aliphatic rings. The van der Waals surface area contributed by atoms with E-state index < -0.39 is 11.9 Å². The van der Waals surface area contributed by atoms with Gasteiger partial charge in [0.25, 0.3) is 0 Å². The van der Waals surface area contributed by atoms with E-state index in [1.165, 1.54) is 5.69 Å². The minimum atomic E-state index is -2.19. The Kier molecular flexibility index (Phi) is 6.95. The molecule has 1 aromatic carbocycles. The summed E-state index contributed by atoms with van der Waals surface area (Å²) in [5, 5.41) is 17.9. The number of carboxylic acid groups (broad SMARTS) is 2. The van der Waals surface area contributed by atoms with Gasteiger partial charge in [0.2, 0.25) is 0 Å². The van der Waals surface area contributed by atoms with E-state index in [0.29, 0.717) is 0 Å². The number of hydrogen-bond donors (Lipinski definition) is 1.